The van der Waals surface area contributed by atoms with E-state index in [9.17, 15) is 18.0 Å². The van der Waals surface area contributed by atoms with Crippen molar-refractivity contribution in [3.05, 3.63) is 56.1 Å². The fourth-order valence-corrected chi connectivity index (χ4v) is 5.57. The summed E-state index contributed by atoms with van der Waals surface area (Å²) in [5.41, 5.74) is 1.47. The van der Waals surface area contributed by atoms with Crippen LogP contribution in [-0.4, -0.2) is 31.2 Å². The summed E-state index contributed by atoms with van der Waals surface area (Å²) >= 11 is 13.0. The molecule has 0 fully saturated rings. The maximum Gasteiger partial charge on any atom is 0.308 e. The van der Waals surface area contributed by atoms with E-state index in [-0.39, 0.29) is 20.6 Å². The Morgan fingerprint density at radius 1 is 1.20 bits per heavy atom. The lowest BCUT2D eigenvalue weighted by Crippen LogP contribution is -2.45. The van der Waals surface area contributed by atoms with Crippen molar-refractivity contribution in [2.24, 2.45) is 0 Å². The van der Waals surface area contributed by atoms with E-state index in [1.54, 1.807) is 22.8 Å². The molecule has 1 atom stereocenters. The van der Waals surface area contributed by atoms with Crippen molar-refractivity contribution < 1.29 is 13.2 Å². The van der Waals surface area contributed by atoms with E-state index in [0.29, 0.717) is 12.2 Å². The van der Waals surface area contributed by atoms with Gasteiger partial charge in [0.1, 0.15) is 6.04 Å². The number of carbonyl (C=O) groups excluding carboxylic acids is 1. The molecule has 160 valence electrons. The molecule has 3 rings (SSSR count). The number of carbonyl (C=O) groups is 1. The quantitative estimate of drug-likeness (QED) is 0.564. The number of anilines is 2. The van der Waals surface area contributed by atoms with Gasteiger partial charge in [-0.05, 0) is 50.2 Å². The van der Waals surface area contributed by atoms with Gasteiger partial charge in [0, 0.05) is 12.2 Å². The molecule has 0 aliphatic heterocycles. The Bertz CT molecular complexity index is 1280. The Hall–Kier alpha value is -2.07. The van der Waals surface area contributed by atoms with Crippen LogP contribution < -0.4 is 14.5 Å². The van der Waals surface area contributed by atoms with Crippen LogP contribution in [0.3, 0.4) is 0 Å². The van der Waals surface area contributed by atoms with E-state index in [4.69, 9.17) is 23.2 Å². The van der Waals surface area contributed by atoms with Gasteiger partial charge in [0.15, 0.2) is 0 Å². The number of thiazole rings is 1. The largest absolute Gasteiger partial charge is 0.324 e. The number of rotatable bonds is 6. The highest BCUT2D eigenvalue weighted by Gasteiger charge is 2.29. The summed E-state index contributed by atoms with van der Waals surface area (Å²) in [4.78, 5) is 24.8. The summed E-state index contributed by atoms with van der Waals surface area (Å²) in [5, 5.41) is 3.17. The molecular weight excluding hydrogens is 469 g/mol. The van der Waals surface area contributed by atoms with Crippen LogP contribution in [0.5, 0.6) is 0 Å². The van der Waals surface area contributed by atoms with E-state index >= 15 is 0 Å². The smallest absolute Gasteiger partial charge is 0.308 e. The Kier molecular flexibility index (Phi) is 6.47. The number of hydrogen-bond acceptors (Lipinski definition) is 5. The fraction of sp³-hybridized carbons (Fsp3) is 0.263. The number of halogens is 2. The first-order valence-electron chi connectivity index (χ1n) is 8.91. The number of hydrogen-bond donors (Lipinski definition) is 1. The molecule has 0 spiro atoms. The zero-order chi connectivity index (χ0) is 22.2. The van der Waals surface area contributed by atoms with Gasteiger partial charge in [-0.2, -0.15) is 0 Å². The first-order chi connectivity index (χ1) is 14.0. The van der Waals surface area contributed by atoms with E-state index in [2.05, 4.69) is 5.32 Å². The lowest BCUT2D eigenvalue weighted by Gasteiger charge is -2.28. The Morgan fingerprint density at radius 2 is 1.90 bits per heavy atom. The monoisotopic (exact) mass is 487 g/mol. The SMILES string of the molecule is CCn1c(=O)sc2cc(NC(=O)[C@@H](C)N(c3ccc(Cl)c(Cl)c3)S(C)(=O)=O)ccc21. The first-order valence-corrected chi connectivity index (χ1v) is 12.3. The predicted octanol–water partition coefficient (Wildman–Crippen LogP) is 4.18. The summed E-state index contributed by atoms with van der Waals surface area (Å²) in [5.74, 6) is -0.534. The van der Waals surface area contributed by atoms with Crippen molar-refractivity contribution in [1.82, 2.24) is 4.57 Å². The number of nitrogens with one attached hydrogen (secondary N) is 1. The average molecular weight is 488 g/mol. The van der Waals surface area contributed by atoms with Crippen molar-refractivity contribution in [2.45, 2.75) is 26.4 Å². The number of fused-ring (bicyclic) bond motifs is 1. The molecule has 0 bridgehead atoms. The Labute approximate surface area is 187 Å². The van der Waals surface area contributed by atoms with Crippen LogP contribution in [0.2, 0.25) is 10.0 Å². The van der Waals surface area contributed by atoms with Crippen LogP contribution in [0, 0.1) is 0 Å². The summed E-state index contributed by atoms with van der Waals surface area (Å²) < 4.78 is 28.2. The zero-order valence-corrected chi connectivity index (χ0v) is 19.5. The second-order valence-corrected chi connectivity index (χ2v) is 10.3. The van der Waals surface area contributed by atoms with Gasteiger partial charge in [-0.25, -0.2) is 8.42 Å². The highest BCUT2D eigenvalue weighted by atomic mass is 35.5. The van der Waals surface area contributed by atoms with E-state index in [0.717, 1.165) is 32.1 Å². The van der Waals surface area contributed by atoms with Crippen LogP contribution in [0.1, 0.15) is 13.8 Å². The Balaban J connectivity index is 1.91. The summed E-state index contributed by atoms with van der Waals surface area (Å²) in [7, 11) is -3.80. The van der Waals surface area contributed by atoms with Gasteiger partial charge < -0.3 is 5.32 Å². The van der Waals surface area contributed by atoms with Gasteiger partial charge in [-0.1, -0.05) is 34.5 Å². The third kappa shape index (κ3) is 4.49. The highest BCUT2D eigenvalue weighted by molar-refractivity contribution is 7.92. The first kappa shape index (κ1) is 22.6. The Morgan fingerprint density at radius 3 is 2.50 bits per heavy atom. The number of aromatic nitrogens is 1. The van der Waals surface area contributed by atoms with Crippen LogP contribution in [-0.2, 0) is 21.4 Å². The summed E-state index contributed by atoms with van der Waals surface area (Å²) in [6.45, 7) is 3.91. The van der Waals surface area contributed by atoms with Crippen LogP contribution >= 0.6 is 34.5 Å². The topological polar surface area (TPSA) is 88.5 Å². The van der Waals surface area contributed by atoms with Gasteiger partial charge in [0.25, 0.3) is 0 Å². The third-order valence-electron chi connectivity index (χ3n) is 4.50. The fourth-order valence-electron chi connectivity index (χ4n) is 3.12. The minimum atomic E-state index is -3.80. The highest BCUT2D eigenvalue weighted by Crippen LogP contribution is 2.30. The number of amides is 1. The number of aryl methyl sites for hydroxylation is 1. The molecule has 0 unspecified atom stereocenters. The molecule has 3 aromatic rings. The molecule has 0 radical (unpaired) electrons. The normalized spacial score (nSPS) is 12.7. The predicted molar refractivity (Wildman–Crippen MR) is 124 cm³/mol. The number of sulfonamides is 1. The molecular formula is C19H19Cl2N3O4S2. The van der Waals surface area contributed by atoms with Crippen molar-refractivity contribution in [3.63, 3.8) is 0 Å². The molecule has 1 heterocycles. The average Bonchev–Trinajstić information content (AvgIpc) is 2.97. The summed E-state index contributed by atoms with van der Waals surface area (Å²) in [6, 6.07) is 8.41. The molecule has 2 aromatic carbocycles. The molecule has 7 nitrogen and oxygen atoms in total. The molecule has 0 aliphatic rings. The molecule has 1 N–H and O–H groups in total. The molecule has 1 amide bonds. The second-order valence-electron chi connectivity index (χ2n) is 6.62. The number of benzene rings is 2. The van der Waals surface area contributed by atoms with Crippen molar-refractivity contribution in [2.75, 3.05) is 15.9 Å². The number of nitrogens with zero attached hydrogens (tertiary/aromatic N) is 2. The van der Waals surface area contributed by atoms with E-state index in [1.807, 2.05) is 6.92 Å². The van der Waals surface area contributed by atoms with Crippen molar-refractivity contribution in [3.8, 4) is 0 Å². The maximum absolute atomic E-state index is 12.9. The van der Waals surface area contributed by atoms with Crippen LogP contribution in [0.4, 0.5) is 11.4 Å². The molecule has 1 aromatic heterocycles. The van der Waals surface area contributed by atoms with Gasteiger partial charge in [0.05, 0.1) is 32.2 Å². The van der Waals surface area contributed by atoms with Crippen LogP contribution in [0.25, 0.3) is 10.2 Å². The lowest BCUT2D eigenvalue weighted by molar-refractivity contribution is -0.116. The second kappa shape index (κ2) is 8.58. The molecule has 0 saturated heterocycles. The minimum absolute atomic E-state index is 0.0767. The zero-order valence-electron chi connectivity index (χ0n) is 16.3. The lowest BCUT2D eigenvalue weighted by atomic mass is 10.2. The third-order valence-corrected chi connectivity index (χ3v) is 7.42. The molecule has 0 saturated carbocycles. The van der Waals surface area contributed by atoms with Gasteiger partial charge in [0.2, 0.25) is 15.9 Å². The summed E-state index contributed by atoms with van der Waals surface area (Å²) in [6.07, 6.45) is 1.01. The van der Waals surface area contributed by atoms with Crippen molar-refractivity contribution in [1.29, 1.82) is 0 Å². The van der Waals surface area contributed by atoms with Crippen LogP contribution in [0.15, 0.2) is 41.2 Å². The van der Waals surface area contributed by atoms with E-state index < -0.39 is 22.0 Å². The van der Waals surface area contributed by atoms with Gasteiger partial charge >= 0.3 is 4.87 Å². The van der Waals surface area contributed by atoms with Gasteiger partial charge in [-0.15, -0.1) is 0 Å². The molecule has 0 aliphatic carbocycles. The molecule has 30 heavy (non-hydrogen) atoms. The molecule has 11 heteroatoms. The van der Waals surface area contributed by atoms with Crippen molar-refractivity contribution >= 4 is 72.1 Å². The van der Waals surface area contributed by atoms with Gasteiger partial charge in [-0.3, -0.25) is 18.5 Å². The minimum Gasteiger partial charge on any atom is -0.324 e. The maximum atomic E-state index is 12.9. The standard InChI is InChI=1S/C19H19Cl2N3O4S2/c1-4-23-16-8-5-12(9-17(16)29-19(23)26)22-18(25)11(2)24(30(3,27)28)13-6-7-14(20)15(21)10-13/h5-11H,4H2,1-3H3,(H,22,25)/t11-/m1/s1. The van der Waals surface area contributed by atoms with E-state index in [1.165, 1.54) is 25.1 Å².